The molecule has 3 heteroatoms. The van der Waals surface area contributed by atoms with Gasteiger partial charge in [0.2, 0.25) is 0 Å². The molecule has 0 aromatic carbocycles. The highest BCUT2D eigenvalue weighted by Crippen LogP contribution is 1.80. The van der Waals surface area contributed by atoms with Gasteiger partial charge in [-0.25, -0.2) is 0 Å². The number of halogens is 1. The standard InChI is InChI=1S/C7H13N.ClH.H2S/c1-4-6-8(3)7-5-2;;/h4-5H,1-2,6-7H2,3H3;1H;1H2. The van der Waals surface area contributed by atoms with E-state index in [2.05, 4.69) is 18.1 Å². The maximum atomic E-state index is 3.61. The Labute approximate surface area is 76.7 Å². The fourth-order valence-electron chi connectivity index (χ4n) is 0.515. The van der Waals surface area contributed by atoms with Crippen molar-refractivity contribution in [3.8, 4) is 0 Å². The first-order valence-corrected chi connectivity index (χ1v) is 2.71. The Morgan fingerprint density at radius 2 is 1.50 bits per heavy atom. The third-order valence-corrected chi connectivity index (χ3v) is 0.882. The molecule has 0 radical (unpaired) electrons. The Balaban J connectivity index is -0.000000245. The van der Waals surface area contributed by atoms with E-state index < -0.39 is 0 Å². The van der Waals surface area contributed by atoms with Gasteiger partial charge < -0.3 is 0 Å². The third kappa shape index (κ3) is 11.0. The molecule has 1 nitrogen and oxygen atoms in total. The van der Waals surface area contributed by atoms with Gasteiger partial charge in [0.05, 0.1) is 0 Å². The molecule has 62 valence electrons. The van der Waals surface area contributed by atoms with Gasteiger partial charge in [0.25, 0.3) is 0 Å². The molecule has 0 aromatic heterocycles. The first-order valence-electron chi connectivity index (χ1n) is 2.71. The van der Waals surface area contributed by atoms with Gasteiger partial charge in [-0.2, -0.15) is 13.5 Å². The SMILES string of the molecule is C=CCN(C)CC=C.Cl.S. The summed E-state index contributed by atoms with van der Waals surface area (Å²) in [6, 6.07) is 0. The van der Waals surface area contributed by atoms with E-state index in [0.717, 1.165) is 13.1 Å². The molecule has 0 N–H and O–H groups in total. The molecule has 0 atom stereocenters. The van der Waals surface area contributed by atoms with Crippen LogP contribution in [0.1, 0.15) is 0 Å². The highest BCUT2D eigenvalue weighted by Gasteiger charge is 1.86. The summed E-state index contributed by atoms with van der Waals surface area (Å²) in [5.41, 5.74) is 0. The van der Waals surface area contributed by atoms with Gasteiger partial charge in [0.15, 0.2) is 0 Å². The molecular formula is C7H16ClNS. The smallest absolute Gasteiger partial charge is 0.0160 e. The number of rotatable bonds is 4. The zero-order valence-corrected chi connectivity index (χ0v) is 8.16. The van der Waals surface area contributed by atoms with E-state index >= 15 is 0 Å². The van der Waals surface area contributed by atoms with Crippen LogP contribution in [0.5, 0.6) is 0 Å². The first-order chi connectivity index (χ1) is 3.81. The van der Waals surface area contributed by atoms with Gasteiger partial charge >= 0.3 is 0 Å². The zero-order valence-electron chi connectivity index (χ0n) is 6.34. The number of nitrogens with zero attached hydrogens (tertiary/aromatic N) is 1. The van der Waals surface area contributed by atoms with E-state index in [1.54, 1.807) is 0 Å². The van der Waals surface area contributed by atoms with Crippen molar-refractivity contribution in [2.75, 3.05) is 20.1 Å². The summed E-state index contributed by atoms with van der Waals surface area (Å²) < 4.78 is 0. The minimum absolute atomic E-state index is 0. The summed E-state index contributed by atoms with van der Waals surface area (Å²) in [5, 5.41) is 0. The lowest BCUT2D eigenvalue weighted by atomic mass is 10.5. The van der Waals surface area contributed by atoms with E-state index in [1.165, 1.54) is 0 Å². The molecule has 0 aliphatic heterocycles. The molecule has 0 aromatic rings. The monoisotopic (exact) mass is 181 g/mol. The number of likely N-dealkylation sites (N-methyl/N-ethyl adjacent to an activating group) is 1. The molecule has 0 amide bonds. The lowest BCUT2D eigenvalue weighted by Gasteiger charge is -2.09. The molecule has 0 spiro atoms. The topological polar surface area (TPSA) is 3.24 Å². The summed E-state index contributed by atoms with van der Waals surface area (Å²) in [7, 11) is 2.03. The van der Waals surface area contributed by atoms with Crippen LogP contribution in [0.2, 0.25) is 0 Å². The fourth-order valence-corrected chi connectivity index (χ4v) is 0.515. The highest BCUT2D eigenvalue weighted by atomic mass is 35.5. The van der Waals surface area contributed by atoms with Gasteiger partial charge in [0.1, 0.15) is 0 Å². The van der Waals surface area contributed by atoms with Crippen LogP contribution in [0.15, 0.2) is 25.3 Å². The molecule has 0 unspecified atom stereocenters. The maximum absolute atomic E-state index is 3.61. The Hall–Kier alpha value is 0.0800. The van der Waals surface area contributed by atoms with Crippen molar-refractivity contribution >= 4 is 25.9 Å². The first kappa shape index (κ1) is 16.6. The molecule has 0 saturated carbocycles. The predicted octanol–water partition coefficient (Wildman–Crippen LogP) is 1.82. The summed E-state index contributed by atoms with van der Waals surface area (Å²) in [4.78, 5) is 2.12. The summed E-state index contributed by atoms with van der Waals surface area (Å²) >= 11 is 0. The summed E-state index contributed by atoms with van der Waals surface area (Å²) in [5.74, 6) is 0. The third-order valence-electron chi connectivity index (χ3n) is 0.882. The maximum Gasteiger partial charge on any atom is 0.0160 e. The van der Waals surface area contributed by atoms with Gasteiger partial charge in [-0.3, -0.25) is 4.90 Å². The van der Waals surface area contributed by atoms with Crippen molar-refractivity contribution in [3.05, 3.63) is 25.3 Å². The van der Waals surface area contributed by atoms with Gasteiger partial charge in [-0.15, -0.1) is 25.6 Å². The summed E-state index contributed by atoms with van der Waals surface area (Å²) in [6.07, 6.45) is 3.76. The minimum Gasteiger partial charge on any atom is -0.299 e. The van der Waals surface area contributed by atoms with Crippen LogP contribution in [-0.2, 0) is 0 Å². The molecule has 0 aliphatic rings. The van der Waals surface area contributed by atoms with Crippen molar-refractivity contribution in [3.63, 3.8) is 0 Å². The lowest BCUT2D eigenvalue weighted by Crippen LogP contribution is -2.17. The van der Waals surface area contributed by atoms with Crippen LogP contribution >= 0.6 is 25.9 Å². The molecular weight excluding hydrogens is 166 g/mol. The molecule has 10 heavy (non-hydrogen) atoms. The van der Waals surface area contributed by atoms with Crippen molar-refractivity contribution in [1.82, 2.24) is 4.90 Å². The van der Waals surface area contributed by atoms with Crippen LogP contribution < -0.4 is 0 Å². The Morgan fingerprint density at radius 1 is 1.20 bits per heavy atom. The second kappa shape index (κ2) is 11.8. The van der Waals surface area contributed by atoms with Crippen molar-refractivity contribution in [1.29, 1.82) is 0 Å². The second-order valence-electron chi connectivity index (χ2n) is 1.80. The Kier molecular flexibility index (Phi) is 19.6. The normalized spacial score (nSPS) is 7.40. The van der Waals surface area contributed by atoms with Crippen LogP contribution in [0.3, 0.4) is 0 Å². The van der Waals surface area contributed by atoms with E-state index in [9.17, 15) is 0 Å². The fraction of sp³-hybridized carbons (Fsp3) is 0.429. The quantitative estimate of drug-likeness (QED) is 0.599. The Bertz CT molecular complexity index is 75.7. The van der Waals surface area contributed by atoms with Gasteiger partial charge in [0, 0.05) is 13.1 Å². The molecule has 0 aliphatic carbocycles. The average molecular weight is 182 g/mol. The minimum atomic E-state index is 0. The van der Waals surface area contributed by atoms with Gasteiger partial charge in [-0.05, 0) is 7.05 Å². The highest BCUT2D eigenvalue weighted by molar-refractivity contribution is 7.59. The van der Waals surface area contributed by atoms with Crippen molar-refractivity contribution in [2.24, 2.45) is 0 Å². The summed E-state index contributed by atoms with van der Waals surface area (Å²) in [6.45, 7) is 9.09. The number of hydrogen-bond donors (Lipinski definition) is 0. The molecule has 0 rings (SSSR count). The van der Waals surface area contributed by atoms with Crippen LogP contribution in [0, 0.1) is 0 Å². The lowest BCUT2D eigenvalue weighted by molar-refractivity contribution is 0.413. The second-order valence-corrected chi connectivity index (χ2v) is 1.80. The average Bonchev–Trinajstić information content (AvgIpc) is 1.68. The van der Waals surface area contributed by atoms with Gasteiger partial charge in [-0.1, -0.05) is 12.2 Å². The zero-order chi connectivity index (χ0) is 6.41. The van der Waals surface area contributed by atoms with Crippen LogP contribution in [0.4, 0.5) is 0 Å². The van der Waals surface area contributed by atoms with Crippen molar-refractivity contribution in [2.45, 2.75) is 0 Å². The van der Waals surface area contributed by atoms with E-state index in [4.69, 9.17) is 0 Å². The number of hydrogen-bond acceptors (Lipinski definition) is 1. The van der Waals surface area contributed by atoms with Crippen LogP contribution in [-0.4, -0.2) is 25.0 Å². The van der Waals surface area contributed by atoms with E-state index in [-0.39, 0.29) is 25.9 Å². The largest absolute Gasteiger partial charge is 0.299 e. The molecule has 0 saturated heterocycles. The Morgan fingerprint density at radius 3 is 1.70 bits per heavy atom. The van der Waals surface area contributed by atoms with E-state index in [1.807, 2.05) is 19.2 Å². The van der Waals surface area contributed by atoms with Crippen molar-refractivity contribution < 1.29 is 0 Å². The molecule has 0 heterocycles. The molecule has 0 bridgehead atoms. The van der Waals surface area contributed by atoms with E-state index in [0.29, 0.717) is 0 Å². The molecule has 0 fully saturated rings. The van der Waals surface area contributed by atoms with Crippen LogP contribution in [0.25, 0.3) is 0 Å². The predicted molar refractivity (Wildman–Crippen MR) is 55.5 cm³/mol.